The predicted octanol–water partition coefficient (Wildman–Crippen LogP) is 3.60. The molecule has 2 aromatic carbocycles. The molecule has 0 aliphatic heterocycles. The number of carbonyl (C=O) groups is 1. The summed E-state index contributed by atoms with van der Waals surface area (Å²) in [6.45, 7) is 3.74. The SMILES string of the molecule is CCCc1nnc2c(=O)n(CC(=O)Nc3cccc(Cl)c3C)c3ccccc3n12. The van der Waals surface area contributed by atoms with Crippen LogP contribution in [0.5, 0.6) is 0 Å². The van der Waals surface area contributed by atoms with E-state index in [0.29, 0.717) is 22.6 Å². The first-order valence-electron chi connectivity index (χ1n) is 9.41. The lowest BCUT2D eigenvalue weighted by Crippen LogP contribution is -2.29. The van der Waals surface area contributed by atoms with Gasteiger partial charge in [-0.1, -0.05) is 36.7 Å². The summed E-state index contributed by atoms with van der Waals surface area (Å²) in [4.78, 5) is 25.8. The van der Waals surface area contributed by atoms with Gasteiger partial charge >= 0.3 is 0 Å². The van der Waals surface area contributed by atoms with E-state index in [1.54, 1.807) is 22.6 Å². The Bertz CT molecular complexity index is 1290. The summed E-state index contributed by atoms with van der Waals surface area (Å²) in [6, 6.07) is 12.8. The Morgan fingerprint density at radius 1 is 1.10 bits per heavy atom. The van der Waals surface area contributed by atoms with Gasteiger partial charge < -0.3 is 5.32 Å². The molecule has 0 fully saturated rings. The van der Waals surface area contributed by atoms with Gasteiger partial charge in [-0.3, -0.25) is 18.6 Å². The molecule has 0 aliphatic rings. The van der Waals surface area contributed by atoms with E-state index >= 15 is 0 Å². The van der Waals surface area contributed by atoms with Crippen LogP contribution in [0.2, 0.25) is 5.02 Å². The standard InChI is InChI=1S/C21H20ClN5O2/c1-3-7-18-24-25-20-21(29)26(16-10-4-5-11-17(16)27(18)20)12-19(28)23-15-9-6-8-14(22)13(15)2/h4-6,8-11H,3,7,12H2,1-2H3,(H,23,28). The van der Waals surface area contributed by atoms with E-state index < -0.39 is 0 Å². The zero-order chi connectivity index (χ0) is 20.5. The predicted molar refractivity (Wildman–Crippen MR) is 114 cm³/mol. The first kappa shape index (κ1) is 19.1. The molecule has 0 saturated carbocycles. The highest BCUT2D eigenvalue weighted by atomic mass is 35.5. The molecule has 0 aliphatic carbocycles. The summed E-state index contributed by atoms with van der Waals surface area (Å²) in [5, 5.41) is 11.7. The lowest BCUT2D eigenvalue weighted by atomic mass is 10.2. The second-order valence-corrected chi connectivity index (χ2v) is 7.27. The van der Waals surface area contributed by atoms with Crippen LogP contribution in [0, 0.1) is 6.92 Å². The van der Waals surface area contributed by atoms with Crippen molar-refractivity contribution in [1.29, 1.82) is 0 Å². The molecule has 1 N–H and O–H groups in total. The Labute approximate surface area is 171 Å². The van der Waals surface area contributed by atoms with Crippen LogP contribution >= 0.6 is 11.6 Å². The number of benzene rings is 2. The molecule has 7 nitrogen and oxygen atoms in total. The molecule has 0 unspecified atom stereocenters. The van der Waals surface area contributed by atoms with Crippen molar-refractivity contribution in [3.8, 4) is 0 Å². The smallest absolute Gasteiger partial charge is 0.297 e. The van der Waals surface area contributed by atoms with Crippen LogP contribution in [-0.2, 0) is 17.8 Å². The van der Waals surface area contributed by atoms with Gasteiger partial charge in [-0.05, 0) is 43.2 Å². The zero-order valence-electron chi connectivity index (χ0n) is 16.1. The maximum atomic E-state index is 13.1. The molecule has 148 valence electrons. The largest absolute Gasteiger partial charge is 0.324 e. The van der Waals surface area contributed by atoms with E-state index in [9.17, 15) is 9.59 Å². The van der Waals surface area contributed by atoms with Gasteiger partial charge in [0.05, 0.1) is 11.0 Å². The fourth-order valence-electron chi connectivity index (χ4n) is 3.44. The number of nitrogens with one attached hydrogen (secondary N) is 1. The van der Waals surface area contributed by atoms with Crippen LogP contribution in [0.3, 0.4) is 0 Å². The Kier molecular flexibility index (Phi) is 5.07. The molecule has 0 radical (unpaired) electrons. The van der Waals surface area contributed by atoms with Crippen LogP contribution in [0.15, 0.2) is 47.3 Å². The third-order valence-electron chi connectivity index (χ3n) is 4.90. The molecule has 8 heteroatoms. The summed E-state index contributed by atoms with van der Waals surface area (Å²) < 4.78 is 3.22. The van der Waals surface area contributed by atoms with Crippen molar-refractivity contribution in [3.63, 3.8) is 0 Å². The van der Waals surface area contributed by atoms with Gasteiger partial charge in [0.25, 0.3) is 5.56 Å². The topological polar surface area (TPSA) is 81.3 Å². The number of halogens is 1. The van der Waals surface area contributed by atoms with Gasteiger partial charge in [-0.25, -0.2) is 0 Å². The van der Waals surface area contributed by atoms with Crippen LogP contribution in [0.1, 0.15) is 24.7 Å². The number of para-hydroxylation sites is 2. The van der Waals surface area contributed by atoms with Crippen molar-refractivity contribution in [3.05, 3.63) is 69.2 Å². The average molecular weight is 410 g/mol. The number of aryl methyl sites for hydroxylation is 1. The Morgan fingerprint density at radius 3 is 2.62 bits per heavy atom. The number of hydrogen-bond acceptors (Lipinski definition) is 4. The summed E-state index contributed by atoms with van der Waals surface area (Å²) >= 11 is 6.13. The summed E-state index contributed by atoms with van der Waals surface area (Å²) in [5.41, 5.74) is 2.71. The van der Waals surface area contributed by atoms with Gasteiger partial charge in [0.1, 0.15) is 12.4 Å². The van der Waals surface area contributed by atoms with Gasteiger partial charge in [0.15, 0.2) is 0 Å². The molecule has 0 bridgehead atoms. The van der Waals surface area contributed by atoms with Gasteiger partial charge in [0.2, 0.25) is 11.6 Å². The van der Waals surface area contributed by atoms with Crippen LogP contribution in [-0.4, -0.2) is 25.1 Å². The van der Waals surface area contributed by atoms with E-state index in [1.165, 1.54) is 4.57 Å². The molecule has 2 heterocycles. The number of nitrogens with zero attached hydrogens (tertiary/aromatic N) is 4. The van der Waals surface area contributed by atoms with Gasteiger partial charge in [0, 0.05) is 17.1 Å². The molecule has 29 heavy (non-hydrogen) atoms. The summed E-state index contributed by atoms with van der Waals surface area (Å²) in [6.07, 6.45) is 1.60. The van der Waals surface area contributed by atoms with Crippen molar-refractivity contribution >= 4 is 39.9 Å². The van der Waals surface area contributed by atoms with Crippen molar-refractivity contribution in [2.24, 2.45) is 0 Å². The second-order valence-electron chi connectivity index (χ2n) is 6.87. The highest BCUT2D eigenvalue weighted by molar-refractivity contribution is 6.31. The van der Waals surface area contributed by atoms with Crippen molar-refractivity contribution in [1.82, 2.24) is 19.2 Å². The fraction of sp³-hybridized carbons (Fsp3) is 0.238. The third kappa shape index (κ3) is 3.38. The van der Waals surface area contributed by atoms with E-state index in [-0.39, 0.29) is 23.7 Å². The molecule has 0 saturated heterocycles. The average Bonchev–Trinajstić information content (AvgIpc) is 3.13. The minimum atomic E-state index is -0.350. The third-order valence-corrected chi connectivity index (χ3v) is 5.31. The van der Waals surface area contributed by atoms with Crippen LogP contribution in [0.4, 0.5) is 5.69 Å². The maximum absolute atomic E-state index is 13.1. The molecular weight excluding hydrogens is 390 g/mol. The van der Waals surface area contributed by atoms with E-state index in [0.717, 1.165) is 23.3 Å². The van der Waals surface area contributed by atoms with Crippen LogP contribution in [0.25, 0.3) is 16.7 Å². The highest BCUT2D eigenvalue weighted by Crippen LogP contribution is 2.23. The Balaban J connectivity index is 1.79. The number of amides is 1. The Hall–Kier alpha value is -3.19. The van der Waals surface area contributed by atoms with E-state index in [2.05, 4.69) is 15.5 Å². The highest BCUT2D eigenvalue weighted by Gasteiger charge is 2.18. The van der Waals surface area contributed by atoms with Gasteiger partial charge in [-0.15, -0.1) is 10.2 Å². The summed E-state index contributed by atoms with van der Waals surface area (Å²) in [5.74, 6) is 0.419. The molecule has 4 rings (SSSR count). The van der Waals surface area contributed by atoms with Crippen molar-refractivity contribution < 1.29 is 4.79 Å². The molecule has 0 atom stereocenters. The summed E-state index contributed by atoms with van der Waals surface area (Å²) in [7, 11) is 0. The first-order chi connectivity index (χ1) is 14.0. The zero-order valence-corrected chi connectivity index (χ0v) is 16.9. The number of rotatable bonds is 5. The van der Waals surface area contributed by atoms with Crippen molar-refractivity contribution in [2.45, 2.75) is 33.2 Å². The number of fused-ring (bicyclic) bond motifs is 3. The van der Waals surface area contributed by atoms with E-state index in [1.807, 2.05) is 38.1 Å². The maximum Gasteiger partial charge on any atom is 0.297 e. The number of hydrogen-bond donors (Lipinski definition) is 1. The van der Waals surface area contributed by atoms with Gasteiger partial charge in [-0.2, -0.15) is 0 Å². The second kappa shape index (κ2) is 7.67. The lowest BCUT2D eigenvalue weighted by Gasteiger charge is -2.14. The van der Waals surface area contributed by atoms with Crippen LogP contribution < -0.4 is 10.9 Å². The molecule has 0 spiro atoms. The first-order valence-corrected chi connectivity index (χ1v) is 9.79. The number of anilines is 1. The molecule has 2 aromatic heterocycles. The quantitative estimate of drug-likeness (QED) is 0.546. The minimum Gasteiger partial charge on any atom is -0.324 e. The normalized spacial score (nSPS) is 11.3. The monoisotopic (exact) mass is 409 g/mol. The number of aromatic nitrogens is 4. The van der Waals surface area contributed by atoms with E-state index in [4.69, 9.17) is 11.6 Å². The Morgan fingerprint density at radius 2 is 1.86 bits per heavy atom. The molecular formula is C21H20ClN5O2. The fourth-order valence-corrected chi connectivity index (χ4v) is 3.61. The molecule has 4 aromatic rings. The number of carbonyl (C=O) groups excluding carboxylic acids is 1. The van der Waals surface area contributed by atoms with Crippen molar-refractivity contribution in [2.75, 3.05) is 5.32 Å². The lowest BCUT2D eigenvalue weighted by molar-refractivity contribution is -0.116. The minimum absolute atomic E-state index is 0.141. The molecule has 1 amide bonds.